The van der Waals surface area contributed by atoms with Crippen molar-refractivity contribution in [2.75, 3.05) is 26.2 Å². The van der Waals surface area contributed by atoms with E-state index in [0.29, 0.717) is 11.8 Å². The van der Waals surface area contributed by atoms with E-state index >= 15 is 0 Å². The smallest absolute Gasteiger partial charge is 0.230 e. The van der Waals surface area contributed by atoms with Crippen LogP contribution < -0.4 is 5.32 Å². The van der Waals surface area contributed by atoms with Gasteiger partial charge in [-0.25, -0.2) is 0 Å². The Morgan fingerprint density at radius 3 is 2.40 bits per heavy atom. The summed E-state index contributed by atoms with van der Waals surface area (Å²) in [5, 5.41) is 3.53. The molecule has 0 bridgehead atoms. The van der Waals surface area contributed by atoms with Gasteiger partial charge in [0, 0.05) is 19.6 Å². The first kappa shape index (κ1) is 13.1. The first-order valence-electron chi connectivity index (χ1n) is 8.78. The first-order valence-corrected chi connectivity index (χ1v) is 8.78. The van der Waals surface area contributed by atoms with Gasteiger partial charge in [-0.15, -0.1) is 0 Å². The van der Waals surface area contributed by atoms with Crippen molar-refractivity contribution in [3.63, 3.8) is 0 Å². The summed E-state index contributed by atoms with van der Waals surface area (Å²) in [6.07, 6.45) is 10.4. The molecule has 2 atom stereocenters. The van der Waals surface area contributed by atoms with Gasteiger partial charge in [-0.2, -0.15) is 0 Å². The van der Waals surface area contributed by atoms with Crippen molar-refractivity contribution in [1.82, 2.24) is 10.2 Å². The molecule has 1 aliphatic heterocycles. The summed E-state index contributed by atoms with van der Waals surface area (Å²) in [6.45, 7) is 4.14. The Labute approximate surface area is 122 Å². The highest BCUT2D eigenvalue weighted by Gasteiger charge is 2.52. The third-order valence-electron chi connectivity index (χ3n) is 6.10. The fourth-order valence-corrected chi connectivity index (χ4v) is 4.45. The molecule has 4 aliphatic rings. The van der Waals surface area contributed by atoms with Crippen molar-refractivity contribution in [3.8, 4) is 0 Å². The number of hydrogen-bond acceptors (Lipinski definition) is 2. The zero-order chi connectivity index (χ0) is 13.6. The fraction of sp³-hybridized carbons (Fsp3) is 0.941. The van der Waals surface area contributed by atoms with E-state index in [1.807, 2.05) is 0 Å². The SMILES string of the molecule is O=C(N(CC1CC1)CC1CC1)[C@@]12CCCC[C@H]1CNC2. The molecule has 3 aliphatic carbocycles. The van der Waals surface area contributed by atoms with Crippen LogP contribution in [0.3, 0.4) is 0 Å². The molecule has 0 radical (unpaired) electrons. The lowest BCUT2D eigenvalue weighted by Crippen LogP contribution is -2.50. The second-order valence-corrected chi connectivity index (χ2v) is 7.83. The molecule has 1 saturated heterocycles. The van der Waals surface area contributed by atoms with Crippen LogP contribution in [0.1, 0.15) is 51.4 Å². The topological polar surface area (TPSA) is 32.3 Å². The number of nitrogens with zero attached hydrogens (tertiary/aromatic N) is 1. The van der Waals surface area contributed by atoms with Crippen molar-refractivity contribution in [2.45, 2.75) is 51.4 Å². The fourth-order valence-electron chi connectivity index (χ4n) is 4.45. The third-order valence-corrected chi connectivity index (χ3v) is 6.10. The minimum absolute atomic E-state index is 0.0258. The summed E-state index contributed by atoms with van der Waals surface area (Å²) < 4.78 is 0. The summed E-state index contributed by atoms with van der Waals surface area (Å²) >= 11 is 0. The average Bonchev–Trinajstić information content (AvgIpc) is 3.38. The highest BCUT2D eigenvalue weighted by molar-refractivity contribution is 5.84. The lowest BCUT2D eigenvalue weighted by molar-refractivity contribution is -0.146. The van der Waals surface area contributed by atoms with Crippen LogP contribution in [0.25, 0.3) is 0 Å². The Bertz CT molecular complexity index is 374. The highest BCUT2D eigenvalue weighted by atomic mass is 16.2. The Hall–Kier alpha value is -0.570. The van der Waals surface area contributed by atoms with Gasteiger partial charge in [-0.05, 0) is 62.8 Å². The molecule has 4 fully saturated rings. The lowest BCUT2D eigenvalue weighted by atomic mass is 9.67. The predicted octanol–water partition coefficient (Wildman–Crippen LogP) is 2.41. The Morgan fingerprint density at radius 2 is 1.75 bits per heavy atom. The first-order chi connectivity index (χ1) is 9.78. The van der Waals surface area contributed by atoms with E-state index in [0.717, 1.165) is 44.4 Å². The maximum atomic E-state index is 13.3. The minimum atomic E-state index is -0.0258. The maximum absolute atomic E-state index is 13.3. The van der Waals surface area contributed by atoms with Gasteiger partial charge < -0.3 is 10.2 Å². The number of carbonyl (C=O) groups excluding carboxylic acids is 1. The molecule has 0 unspecified atom stereocenters. The number of fused-ring (bicyclic) bond motifs is 1. The maximum Gasteiger partial charge on any atom is 0.230 e. The molecule has 1 N–H and O–H groups in total. The normalized spacial score (nSPS) is 36.7. The molecule has 1 amide bonds. The molecule has 20 heavy (non-hydrogen) atoms. The van der Waals surface area contributed by atoms with E-state index in [2.05, 4.69) is 10.2 Å². The molecule has 3 nitrogen and oxygen atoms in total. The molecule has 3 saturated carbocycles. The predicted molar refractivity (Wildman–Crippen MR) is 79.3 cm³/mol. The van der Waals surface area contributed by atoms with Crippen LogP contribution in [-0.2, 0) is 4.79 Å². The van der Waals surface area contributed by atoms with Crippen molar-refractivity contribution in [2.24, 2.45) is 23.2 Å². The van der Waals surface area contributed by atoms with Crippen molar-refractivity contribution in [1.29, 1.82) is 0 Å². The summed E-state index contributed by atoms with van der Waals surface area (Å²) in [4.78, 5) is 15.6. The minimum Gasteiger partial charge on any atom is -0.342 e. The largest absolute Gasteiger partial charge is 0.342 e. The van der Waals surface area contributed by atoms with Crippen LogP contribution in [0.2, 0.25) is 0 Å². The van der Waals surface area contributed by atoms with E-state index < -0.39 is 0 Å². The van der Waals surface area contributed by atoms with E-state index in [-0.39, 0.29) is 5.41 Å². The molecule has 0 aromatic heterocycles. The molecular formula is C17H28N2O. The Kier molecular flexibility index (Phi) is 3.29. The van der Waals surface area contributed by atoms with Crippen LogP contribution in [0.5, 0.6) is 0 Å². The zero-order valence-corrected chi connectivity index (χ0v) is 12.6. The third kappa shape index (κ3) is 2.38. The van der Waals surface area contributed by atoms with E-state index in [9.17, 15) is 4.79 Å². The van der Waals surface area contributed by atoms with Gasteiger partial charge in [0.05, 0.1) is 5.41 Å². The summed E-state index contributed by atoms with van der Waals surface area (Å²) in [5.41, 5.74) is -0.0258. The van der Waals surface area contributed by atoms with Gasteiger partial charge in [-0.3, -0.25) is 4.79 Å². The second kappa shape index (κ2) is 5.01. The molecule has 1 heterocycles. The van der Waals surface area contributed by atoms with Gasteiger partial charge in [0.25, 0.3) is 0 Å². The number of amides is 1. The van der Waals surface area contributed by atoms with Gasteiger partial charge >= 0.3 is 0 Å². The van der Waals surface area contributed by atoms with E-state index in [1.54, 1.807) is 0 Å². The molecule has 112 valence electrons. The molecule has 0 aromatic carbocycles. The van der Waals surface area contributed by atoms with Gasteiger partial charge in [0.15, 0.2) is 0 Å². The Morgan fingerprint density at radius 1 is 1.05 bits per heavy atom. The standard InChI is InChI=1S/C17H28N2O/c20-16(17-8-2-1-3-15(17)9-18-12-17)19(10-13-4-5-13)11-14-6-7-14/h13-15,18H,1-12H2/t15-,17+/m0/s1. The Balaban J connectivity index is 1.52. The lowest BCUT2D eigenvalue weighted by Gasteiger charge is -2.41. The molecule has 0 aromatic rings. The van der Waals surface area contributed by atoms with Crippen LogP contribution in [0, 0.1) is 23.2 Å². The monoisotopic (exact) mass is 276 g/mol. The average molecular weight is 276 g/mol. The van der Waals surface area contributed by atoms with Crippen LogP contribution >= 0.6 is 0 Å². The second-order valence-electron chi connectivity index (χ2n) is 7.83. The highest BCUT2D eigenvalue weighted by Crippen LogP contribution is 2.46. The van der Waals surface area contributed by atoms with E-state index in [4.69, 9.17) is 0 Å². The van der Waals surface area contributed by atoms with Gasteiger partial charge in [0.1, 0.15) is 0 Å². The van der Waals surface area contributed by atoms with Gasteiger partial charge in [0.2, 0.25) is 5.91 Å². The van der Waals surface area contributed by atoms with E-state index in [1.165, 1.54) is 44.9 Å². The number of nitrogens with one attached hydrogen (secondary N) is 1. The van der Waals surface area contributed by atoms with Crippen LogP contribution in [0.15, 0.2) is 0 Å². The zero-order valence-electron chi connectivity index (χ0n) is 12.6. The number of rotatable bonds is 5. The molecule has 0 spiro atoms. The summed E-state index contributed by atoms with van der Waals surface area (Å²) in [6, 6.07) is 0. The van der Waals surface area contributed by atoms with Crippen molar-refractivity contribution < 1.29 is 4.79 Å². The van der Waals surface area contributed by atoms with Crippen molar-refractivity contribution >= 4 is 5.91 Å². The summed E-state index contributed by atoms with van der Waals surface area (Å²) in [5.74, 6) is 2.78. The summed E-state index contributed by atoms with van der Waals surface area (Å²) in [7, 11) is 0. The molecular weight excluding hydrogens is 248 g/mol. The molecule has 4 rings (SSSR count). The molecule has 3 heteroatoms. The van der Waals surface area contributed by atoms with Crippen molar-refractivity contribution in [3.05, 3.63) is 0 Å². The quantitative estimate of drug-likeness (QED) is 0.836. The van der Waals surface area contributed by atoms with Gasteiger partial charge in [-0.1, -0.05) is 12.8 Å². The van der Waals surface area contributed by atoms with Crippen LogP contribution in [0.4, 0.5) is 0 Å². The van der Waals surface area contributed by atoms with Crippen LogP contribution in [-0.4, -0.2) is 37.0 Å². The number of carbonyl (C=O) groups is 1. The number of hydrogen-bond donors (Lipinski definition) is 1.